The third-order valence-corrected chi connectivity index (χ3v) is 5.66. The van der Waals surface area contributed by atoms with Gasteiger partial charge in [0, 0.05) is 28.4 Å². The molecular weight excluding hydrogens is 368 g/mol. The van der Waals surface area contributed by atoms with Gasteiger partial charge in [0.15, 0.2) is 6.61 Å². The van der Waals surface area contributed by atoms with Crippen molar-refractivity contribution < 1.29 is 9.53 Å². The van der Waals surface area contributed by atoms with Crippen LogP contribution in [0.15, 0.2) is 54.6 Å². The quantitative estimate of drug-likeness (QED) is 0.668. The van der Waals surface area contributed by atoms with E-state index in [0.29, 0.717) is 23.9 Å². The van der Waals surface area contributed by atoms with Crippen LogP contribution in [0.2, 0.25) is 5.02 Å². The van der Waals surface area contributed by atoms with Gasteiger partial charge in [-0.25, -0.2) is 4.98 Å². The second-order valence-electron chi connectivity index (χ2n) is 6.06. The Kier molecular flexibility index (Phi) is 4.91. The number of rotatable bonds is 4. The number of hydrogen-bond donors (Lipinski definition) is 0. The largest absolute Gasteiger partial charge is 0.484 e. The number of amides is 1. The molecule has 0 fully saturated rings. The van der Waals surface area contributed by atoms with Gasteiger partial charge < -0.3 is 9.64 Å². The van der Waals surface area contributed by atoms with Gasteiger partial charge in [-0.05, 0) is 24.3 Å². The molecular formula is C20H17ClN2O2S. The summed E-state index contributed by atoms with van der Waals surface area (Å²) >= 11 is 7.52. The molecule has 0 aliphatic carbocycles. The fraction of sp³-hybridized carbons (Fsp3) is 0.200. The maximum atomic E-state index is 12.5. The molecule has 6 heteroatoms. The summed E-state index contributed by atoms with van der Waals surface area (Å²) in [6, 6.07) is 17.2. The first-order valence-electron chi connectivity index (χ1n) is 8.39. The van der Waals surface area contributed by atoms with Crippen molar-refractivity contribution >= 4 is 28.8 Å². The van der Waals surface area contributed by atoms with Crippen molar-refractivity contribution in [2.75, 3.05) is 13.2 Å². The second kappa shape index (κ2) is 7.48. The van der Waals surface area contributed by atoms with Crippen molar-refractivity contribution in [3.8, 4) is 16.3 Å². The Morgan fingerprint density at radius 2 is 1.92 bits per heavy atom. The number of nitrogens with zero attached hydrogens (tertiary/aromatic N) is 2. The molecule has 3 aromatic rings. The molecule has 2 aromatic carbocycles. The number of carbonyl (C=O) groups is 1. The first-order valence-corrected chi connectivity index (χ1v) is 9.58. The average molecular weight is 385 g/mol. The molecule has 0 saturated carbocycles. The highest BCUT2D eigenvalue weighted by Crippen LogP contribution is 2.31. The van der Waals surface area contributed by atoms with Gasteiger partial charge >= 0.3 is 0 Å². The van der Waals surface area contributed by atoms with Crippen LogP contribution in [0.25, 0.3) is 10.6 Å². The molecule has 2 heterocycles. The number of hydrogen-bond acceptors (Lipinski definition) is 4. The average Bonchev–Trinajstić information content (AvgIpc) is 3.11. The zero-order valence-electron chi connectivity index (χ0n) is 14.0. The van der Waals surface area contributed by atoms with E-state index in [1.807, 2.05) is 23.1 Å². The number of carbonyl (C=O) groups excluding carboxylic acids is 1. The molecule has 0 spiro atoms. The molecule has 1 aliphatic heterocycles. The first-order chi connectivity index (χ1) is 12.7. The highest BCUT2D eigenvalue weighted by molar-refractivity contribution is 7.15. The van der Waals surface area contributed by atoms with E-state index < -0.39 is 0 Å². The van der Waals surface area contributed by atoms with Crippen LogP contribution in [0.5, 0.6) is 5.75 Å². The monoisotopic (exact) mass is 384 g/mol. The summed E-state index contributed by atoms with van der Waals surface area (Å²) in [5.41, 5.74) is 2.23. The summed E-state index contributed by atoms with van der Waals surface area (Å²) in [6.45, 7) is 1.30. The highest BCUT2D eigenvalue weighted by Gasteiger charge is 2.24. The molecule has 1 aromatic heterocycles. The van der Waals surface area contributed by atoms with Crippen LogP contribution >= 0.6 is 22.9 Å². The van der Waals surface area contributed by atoms with E-state index in [1.54, 1.807) is 35.6 Å². The number of thiazole rings is 1. The summed E-state index contributed by atoms with van der Waals surface area (Å²) in [4.78, 5) is 20.2. The lowest BCUT2D eigenvalue weighted by molar-refractivity contribution is -0.134. The standard InChI is InChI=1S/C20H17ClN2O2S/c21-15-6-8-16(9-7-15)25-13-19(24)23-11-10-17-18(12-23)26-20(22-17)14-4-2-1-3-5-14/h1-9H,10-13H2. The summed E-state index contributed by atoms with van der Waals surface area (Å²) in [5.74, 6) is 0.630. The van der Waals surface area contributed by atoms with Crippen LogP contribution in [-0.2, 0) is 17.8 Å². The summed E-state index contributed by atoms with van der Waals surface area (Å²) < 4.78 is 5.58. The topological polar surface area (TPSA) is 42.4 Å². The second-order valence-corrected chi connectivity index (χ2v) is 7.58. The molecule has 1 amide bonds. The molecule has 0 bridgehead atoms. The minimum atomic E-state index is -0.0136. The van der Waals surface area contributed by atoms with Gasteiger partial charge in [0.1, 0.15) is 10.8 Å². The normalized spacial score (nSPS) is 13.3. The maximum Gasteiger partial charge on any atom is 0.260 e. The van der Waals surface area contributed by atoms with Crippen LogP contribution < -0.4 is 4.74 Å². The Hall–Kier alpha value is -2.37. The molecule has 0 radical (unpaired) electrons. The van der Waals surface area contributed by atoms with E-state index in [0.717, 1.165) is 27.6 Å². The Morgan fingerprint density at radius 1 is 1.15 bits per heavy atom. The lowest BCUT2D eigenvalue weighted by Crippen LogP contribution is -2.38. The number of ether oxygens (including phenoxy) is 1. The van der Waals surface area contributed by atoms with Gasteiger partial charge in [-0.3, -0.25) is 4.79 Å². The Morgan fingerprint density at radius 3 is 2.69 bits per heavy atom. The smallest absolute Gasteiger partial charge is 0.260 e. The minimum Gasteiger partial charge on any atom is -0.484 e. The van der Waals surface area contributed by atoms with Gasteiger partial charge in [0.05, 0.1) is 12.2 Å². The minimum absolute atomic E-state index is 0.0136. The molecule has 132 valence electrons. The third-order valence-electron chi connectivity index (χ3n) is 4.28. The molecule has 0 saturated heterocycles. The molecule has 0 N–H and O–H groups in total. The molecule has 0 atom stereocenters. The highest BCUT2D eigenvalue weighted by atomic mass is 35.5. The Labute approximate surface area is 161 Å². The molecule has 4 rings (SSSR count). The van der Waals surface area contributed by atoms with Gasteiger partial charge in [-0.1, -0.05) is 41.9 Å². The molecule has 4 nitrogen and oxygen atoms in total. The van der Waals surface area contributed by atoms with Crippen molar-refractivity contribution in [1.82, 2.24) is 9.88 Å². The van der Waals surface area contributed by atoms with Gasteiger partial charge in [-0.15, -0.1) is 11.3 Å². The van der Waals surface area contributed by atoms with E-state index >= 15 is 0 Å². The van der Waals surface area contributed by atoms with E-state index in [2.05, 4.69) is 12.1 Å². The van der Waals surface area contributed by atoms with Crippen LogP contribution in [0.3, 0.4) is 0 Å². The number of fused-ring (bicyclic) bond motifs is 1. The zero-order chi connectivity index (χ0) is 17.9. The lowest BCUT2D eigenvalue weighted by atomic mass is 10.1. The summed E-state index contributed by atoms with van der Waals surface area (Å²) in [5, 5.41) is 1.66. The van der Waals surface area contributed by atoms with Crippen LogP contribution in [0.1, 0.15) is 10.6 Å². The van der Waals surface area contributed by atoms with Crippen molar-refractivity contribution in [2.45, 2.75) is 13.0 Å². The zero-order valence-corrected chi connectivity index (χ0v) is 15.6. The van der Waals surface area contributed by atoms with Gasteiger partial charge in [0.25, 0.3) is 5.91 Å². The SMILES string of the molecule is O=C(COc1ccc(Cl)cc1)N1CCc2nc(-c3ccccc3)sc2C1. The maximum absolute atomic E-state index is 12.5. The number of benzene rings is 2. The predicted molar refractivity (Wildman–Crippen MR) is 104 cm³/mol. The molecule has 0 unspecified atom stereocenters. The van der Waals surface area contributed by atoms with Gasteiger partial charge in [0.2, 0.25) is 0 Å². The van der Waals surface area contributed by atoms with Crippen molar-refractivity contribution in [2.24, 2.45) is 0 Å². The van der Waals surface area contributed by atoms with Crippen molar-refractivity contribution in [3.05, 3.63) is 70.2 Å². The molecule has 1 aliphatic rings. The number of aromatic nitrogens is 1. The molecule has 26 heavy (non-hydrogen) atoms. The van der Waals surface area contributed by atoms with E-state index in [-0.39, 0.29) is 12.5 Å². The van der Waals surface area contributed by atoms with Crippen molar-refractivity contribution in [3.63, 3.8) is 0 Å². The Balaban J connectivity index is 1.40. The first kappa shape index (κ1) is 17.1. The fourth-order valence-electron chi connectivity index (χ4n) is 2.88. The van der Waals surface area contributed by atoms with E-state index in [9.17, 15) is 4.79 Å². The van der Waals surface area contributed by atoms with Crippen molar-refractivity contribution in [1.29, 1.82) is 0 Å². The van der Waals surface area contributed by atoms with Gasteiger partial charge in [-0.2, -0.15) is 0 Å². The van der Waals surface area contributed by atoms with Crippen LogP contribution in [0.4, 0.5) is 0 Å². The Bertz CT molecular complexity index is 909. The van der Waals surface area contributed by atoms with E-state index in [1.165, 1.54) is 0 Å². The lowest BCUT2D eigenvalue weighted by Gasteiger charge is -2.26. The number of halogens is 1. The predicted octanol–water partition coefficient (Wildman–Crippen LogP) is 4.43. The summed E-state index contributed by atoms with van der Waals surface area (Å²) in [6.07, 6.45) is 0.783. The van der Waals surface area contributed by atoms with Crippen LogP contribution in [-0.4, -0.2) is 28.9 Å². The van der Waals surface area contributed by atoms with Crippen LogP contribution in [0, 0.1) is 0 Å². The third kappa shape index (κ3) is 3.74. The summed E-state index contributed by atoms with van der Waals surface area (Å²) in [7, 11) is 0. The fourth-order valence-corrected chi connectivity index (χ4v) is 4.13. The van der Waals surface area contributed by atoms with E-state index in [4.69, 9.17) is 21.3 Å².